The van der Waals surface area contributed by atoms with Crippen LogP contribution in [0.15, 0.2) is 34.2 Å². The summed E-state index contributed by atoms with van der Waals surface area (Å²) in [6.07, 6.45) is 9.75. The maximum absolute atomic E-state index is 13.2. The van der Waals surface area contributed by atoms with E-state index in [1.807, 2.05) is 57.2 Å². The number of hydrogen-bond acceptors (Lipinski definition) is 7. The Kier molecular flexibility index (Phi) is 8.22. The van der Waals surface area contributed by atoms with Crippen molar-refractivity contribution in [3.63, 3.8) is 0 Å². The zero-order valence-electron chi connectivity index (χ0n) is 23.5. The average Bonchev–Trinajstić information content (AvgIpc) is 3.52. The van der Waals surface area contributed by atoms with Crippen LogP contribution in [0.3, 0.4) is 0 Å². The van der Waals surface area contributed by atoms with Gasteiger partial charge in [0, 0.05) is 78.1 Å². The molecule has 3 heterocycles. The van der Waals surface area contributed by atoms with Crippen molar-refractivity contribution in [2.75, 3.05) is 6.26 Å². The van der Waals surface area contributed by atoms with E-state index in [2.05, 4.69) is 20.7 Å². The largest absolute Gasteiger partial charge is 0.448 e. The van der Waals surface area contributed by atoms with E-state index in [9.17, 15) is 9.59 Å². The highest BCUT2D eigenvalue weighted by Crippen LogP contribution is 2.51. The van der Waals surface area contributed by atoms with Gasteiger partial charge in [-0.1, -0.05) is 11.6 Å². The predicted molar refractivity (Wildman–Crippen MR) is 156 cm³/mol. The smallest absolute Gasteiger partial charge is 0.254 e. The summed E-state index contributed by atoms with van der Waals surface area (Å²) >= 11 is 8.10. The van der Waals surface area contributed by atoms with E-state index in [1.165, 1.54) is 17.3 Å². The van der Waals surface area contributed by atoms with Crippen LogP contribution in [-0.4, -0.2) is 38.8 Å². The molecule has 2 aliphatic rings. The van der Waals surface area contributed by atoms with Crippen LogP contribution in [0.4, 0.5) is 0 Å². The molecule has 1 fully saturated rings. The molecule has 0 spiro atoms. The molecular weight excluding hydrogens is 550 g/mol. The molecule has 1 atom stereocenters. The Morgan fingerprint density at radius 1 is 1.20 bits per heavy atom. The Balaban J connectivity index is 1.24. The molecule has 1 aliphatic carbocycles. The third kappa shape index (κ3) is 5.75. The zero-order chi connectivity index (χ0) is 28.6. The van der Waals surface area contributed by atoms with Crippen molar-refractivity contribution in [2.45, 2.75) is 76.3 Å². The highest BCUT2D eigenvalue weighted by Gasteiger charge is 2.47. The fourth-order valence-electron chi connectivity index (χ4n) is 5.70. The summed E-state index contributed by atoms with van der Waals surface area (Å²) in [5.74, 6) is -0.0126. The summed E-state index contributed by atoms with van der Waals surface area (Å²) in [4.78, 5) is 29.4. The Bertz CT molecular complexity index is 1480. The van der Waals surface area contributed by atoms with Gasteiger partial charge in [-0.2, -0.15) is 5.10 Å². The molecule has 3 aromatic rings. The number of hydrogen-bond donors (Lipinski definition) is 3. The van der Waals surface area contributed by atoms with Crippen molar-refractivity contribution in [1.82, 2.24) is 25.4 Å². The number of nitrogens with zero attached hydrogens (tertiary/aromatic N) is 2. The molecule has 1 aromatic carbocycles. The molecule has 40 heavy (non-hydrogen) atoms. The molecule has 0 saturated heterocycles. The number of rotatable bonds is 8. The van der Waals surface area contributed by atoms with Gasteiger partial charge in [-0.3, -0.25) is 14.3 Å². The number of aryl methyl sites for hydroxylation is 2. The normalized spacial score (nSPS) is 21.9. The first kappa shape index (κ1) is 28.6. The van der Waals surface area contributed by atoms with Gasteiger partial charge in [0.25, 0.3) is 17.3 Å². The van der Waals surface area contributed by atoms with Gasteiger partial charge in [0.2, 0.25) is 0 Å². The molecule has 2 aromatic heterocycles. The van der Waals surface area contributed by atoms with Crippen molar-refractivity contribution in [2.24, 2.45) is 13.0 Å². The Hall–Kier alpha value is -2.95. The second kappa shape index (κ2) is 11.5. The van der Waals surface area contributed by atoms with Gasteiger partial charge in [0.1, 0.15) is 0 Å². The summed E-state index contributed by atoms with van der Waals surface area (Å²) in [5, 5.41) is 11.1. The standard InChI is InChI=1S/C29H36ClN5O4S/c1-16-10-24(40-5)22(28(37)34-16)14-32-27(36)21-11-23(30)26-25(17(21)2)38-29(3,39-26)19-6-8-20(9-7-19)31-12-18-13-33-35(4)15-18/h10-11,13,15,19-20,31H,6-9,12,14H2,1-5H3,(H,32,36)(H,34,37). The molecule has 214 valence electrons. The molecule has 1 unspecified atom stereocenters. The summed E-state index contributed by atoms with van der Waals surface area (Å²) in [6, 6.07) is 3.95. The monoisotopic (exact) mass is 585 g/mol. The number of aromatic nitrogens is 3. The number of carbonyl (C=O) groups is 1. The zero-order valence-corrected chi connectivity index (χ0v) is 25.1. The van der Waals surface area contributed by atoms with Crippen LogP contribution in [0.25, 0.3) is 0 Å². The van der Waals surface area contributed by atoms with Crippen LogP contribution in [0.1, 0.15) is 65.3 Å². The van der Waals surface area contributed by atoms with Crippen LogP contribution in [0.5, 0.6) is 11.5 Å². The minimum atomic E-state index is -0.859. The van der Waals surface area contributed by atoms with Crippen LogP contribution in [0.2, 0.25) is 5.02 Å². The topological polar surface area (TPSA) is 110 Å². The third-order valence-electron chi connectivity index (χ3n) is 7.99. The Morgan fingerprint density at radius 3 is 2.60 bits per heavy atom. The minimum Gasteiger partial charge on any atom is -0.448 e. The minimum absolute atomic E-state index is 0.103. The predicted octanol–water partition coefficient (Wildman–Crippen LogP) is 4.87. The van der Waals surface area contributed by atoms with E-state index < -0.39 is 5.79 Å². The maximum atomic E-state index is 13.2. The van der Waals surface area contributed by atoms with Crippen LogP contribution in [0, 0.1) is 19.8 Å². The number of thioether (sulfide) groups is 1. The van der Waals surface area contributed by atoms with Gasteiger partial charge in [-0.05, 0) is 57.9 Å². The lowest BCUT2D eigenvalue weighted by Crippen LogP contribution is -2.46. The molecule has 1 aliphatic heterocycles. The van der Waals surface area contributed by atoms with E-state index in [0.717, 1.165) is 42.8 Å². The van der Waals surface area contributed by atoms with Crippen LogP contribution >= 0.6 is 23.4 Å². The van der Waals surface area contributed by atoms with Crippen molar-refractivity contribution < 1.29 is 14.3 Å². The van der Waals surface area contributed by atoms with E-state index >= 15 is 0 Å². The number of H-pyrrole nitrogens is 1. The lowest BCUT2D eigenvalue weighted by Gasteiger charge is -2.37. The molecule has 5 rings (SSSR count). The second-order valence-corrected chi connectivity index (χ2v) is 12.1. The van der Waals surface area contributed by atoms with Gasteiger partial charge < -0.3 is 25.1 Å². The maximum Gasteiger partial charge on any atom is 0.254 e. The number of carbonyl (C=O) groups excluding carboxylic acids is 1. The summed E-state index contributed by atoms with van der Waals surface area (Å²) in [6.45, 7) is 6.54. The molecule has 1 amide bonds. The fourth-order valence-corrected chi connectivity index (χ4v) is 6.63. The van der Waals surface area contributed by atoms with E-state index in [0.29, 0.717) is 39.3 Å². The number of halogens is 1. The molecule has 0 radical (unpaired) electrons. The van der Waals surface area contributed by atoms with Gasteiger partial charge >= 0.3 is 0 Å². The fraction of sp³-hybridized carbons (Fsp3) is 0.483. The highest BCUT2D eigenvalue weighted by atomic mass is 35.5. The third-order valence-corrected chi connectivity index (χ3v) is 9.08. The molecule has 9 nitrogen and oxygen atoms in total. The Morgan fingerprint density at radius 2 is 1.93 bits per heavy atom. The van der Waals surface area contributed by atoms with Gasteiger partial charge in [0.05, 0.1) is 11.2 Å². The SMILES string of the molecule is CSc1cc(C)[nH]c(=O)c1CNC(=O)c1cc(Cl)c2c(c1C)OC(C)(C1CCC(NCc3cnn(C)c3)CC1)O2. The van der Waals surface area contributed by atoms with Crippen molar-refractivity contribution >= 4 is 29.3 Å². The number of amides is 1. The molecule has 11 heteroatoms. The van der Waals surface area contributed by atoms with E-state index in [-0.39, 0.29) is 23.9 Å². The lowest BCUT2D eigenvalue weighted by molar-refractivity contribution is -0.121. The molecular formula is C29H36ClN5O4S. The van der Waals surface area contributed by atoms with Gasteiger partial charge in [0.15, 0.2) is 11.5 Å². The highest BCUT2D eigenvalue weighted by molar-refractivity contribution is 7.98. The second-order valence-electron chi connectivity index (χ2n) is 10.9. The first-order chi connectivity index (χ1) is 19.1. The van der Waals surface area contributed by atoms with Crippen molar-refractivity contribution in [3.05, 3.63) is 67.9 Å². The number of ether oxygens (including phenoxy) is 2. The number of aromatic amines is 1. The first-order valence-corrected chi connectivity index (χ1v) is 15.1. The van der Waals surface area contributed by atoms with Gasteiger partial charge in [-0.15, -0.1) is 11.8 Å². The van der Waals surface area contributed by atoms with Gasteiger partial charge in [-0.25, -0.2) is 0 Å². The molecule has 0 bridgehead atoms. The number of benzene rings is 1. The van der Waals surface area contributed by atoms with E-state index in [4.69, 9.17) is 21.1 Å². The lowest BCUT2D eigenvalue weighted by atomic mass is 9.81. The molecule has 3 N–H and O–H groups in total. The summed E-state index contributed by atoms with van der Waals surface area (Å²) in [5.41, 5.74) is 3.33. The van der Waals surface area contributed by atoms with Crippen molar-refractivity contribution in [1.29, 1.82) is 0 Å². The Labute approximate surface area is 243 Å². The number of nitrogens with one attached hydrogen (secondary N) is 3. The average molecular weight is 586 g/mol. The summed E-state index contributed by atoms with van der Waals surface area (Å²) < 4.78 is 14.6. The number of pyridine rings is 1. The van der Waals surface area contributed by atoms with Crippen LogP contribution in [-0.2, 0) is 20.1 Å². The van der Waals surface area contributed by atoms with Crippen molar-refractivity contribution in [3.8, 4) is 11.5 Å². The summed E-state index contributed by atoms with van der Waals surface area (Å²) in [7, 11) is 1.92. The first-order valence-electron chi connectivity index (χ1n) is 13.5. The van der Waals surface area contributed by atoms with E-state index in [1.54, 1.807) is 6.07 Å². The number of fused-ring (bicyclic) bond motifs is 1. The molecule has 1 saturated carbocycles. The van der Waals surface area contributed by atoms with Crippen LogP contribution < -0.4 is 25.7 Å². The quantitative estimate of drug-likeness (QED) is 0.324.